The van der Waals surface area contributed by atoms with E-state index < -0.39 is 17.7 Å². The third-order valence-electron chi connectivity index (χ3n) is 2.57. The zero-order chi connectivity index (χ0) is 14.9. The highest BCUT2D eigenvalue weighted by atomic mass is 35.5. The van der Waals surface area contributed by atoms with E-state index in [1.807, 2.05) is 0 Å². The number of hydrogen-bond donors (Lipinski definition) is 2. The van der Waals surface area contributed by atoms with Gasteiger partial charge < -0.3 is 10.4 Å². The fraction of sp³-hybridized carbons (Fsp3) is 0.0769. The number of carbonyl (C=O) groups is 2. The van der Waals surface area contributed by atoms with E-state index >= 15 is 0 Å². The molecule has 2 aromatic rings. The first kappa shape index (κ1) is 14.5. The molecule has 4 nitrogen and oxygen atoms in total. The van der Waals surface area contributed by atoms with Gasteiger partial charge in [0.25, 0.3) is 5.91 Å². The third kappa shape index (κ3) is 2.81. The Morgan fingerprint density at radius 2 is 2.10 bits per heavy atom. The molecule has 0 atom stereocenters. The first-order valence-corrected chi connectivity index (χ1v) is 6.73. The molecule has 1 heterocycles. The quantitative estimate of drug-likeness (QED) is 0.905. The zero-order valence-electron chi connectivity index (χ0n) is 10.2. The van der Waals surface area contributed by atoms with Crippen LogP contribution >= 0.6 is 22.9 Å². The van der Waals surface area contributed by atoms with Crippen LogP contribution in [0.2, 0.25) is 5.02 Å². The lowest BCUT2D eigenvalue weighted by Gasteiger charge is -2.06. The average Bonchev–Trinajstić information content (AvgIpc) is 2.72. The van der Waals surface area contributed by atoms with Gasteiger partial charge in [-0.1, -0.05) is 11.6 Å². The van der Waals surface area contributed by atoms with Gasteiger partial charge in [0.05, 0.1) is 16.3 Å². The molecule has 1 aromatic carbocycles. The van der Waals surface area contributed by atoms with E-state index in [1.54, 1.807) is 12.3 Å². The number of thiophene rings is 1. The Labute approximate surface area is 122 Å². The topological polar surface area (TPSA) is 66.4 Å². The monoisotopic (exact) mass is 313 g/mol. The van der Waals surface area contributed by atoms with Crippen LogP contribution in [-0.4, -0.2) is 17.0 Å². The minimum atomic E-state index is -1.20. The zero-order valence-corrected chi connectivity index (χ0v) is 11.8. The van der Waals surface area contributed by atoms with Crippen LogP contribution in [0.4, 0.5) is 10.1 Å². The van der Waals surface area contributed by atoms with Gasteiger partial charge in [0, 0.05) is 0 Å². The van der Waals surface area contributed by atoms with E-state index in [0.717, 1.165) is 35.1 Å². The maximum atomic E-state index is 13.6. The van der Waals surface area contributed by atoms with Crippen molar-refractivity contribution in [2.24, 2.45) is 0 Å². The minimum Gasteiger partial charge on any atom is -0.478 e. The number of nitrogens with one attached hydrogen (secondary N) is 1. The van der Waals surface area contributed by atoms with Crippen LogP contribution in [0.5, 0.6) is 0 Å². The van der Waals surface area contributed by atoms with Crippen molar-refractivity contribution in [3.8, 4) is 0 Å². The Morgan fingerprint density at radius 1 is 1.40 bits per heavy atom. The van der Waals surface area contributed by atoms with Gasteiger partial charge in [0.2, 0.25) is 0 Å². The molecule has 0 spiro atoms. The van der Waals surface area contributed by atoms with Crippen molar-refractivity contribution in [1.29, 1.82) is 0 Å². The highest BCUT2D eigenvalue weighted by Gasteiger charge is 2.17. The molecule has 0 aliphatic heterocycles. The second-order valence-electron chi connectivity index (χ2n) is 4.02. The maximum Gasteiger partial charge on any atom is 0.335 e. The lowest BCUT2D eigenvalue weighted by Crippen LogP contribution is -2.13. The molecule has 0 saturated carbocycles. The highest BCUT2D eigenvalue weighted by molar-refractivity contribution is 7.13. The van der Waals surface area contributed by atoms with Crippen LogP contribution < -0.4 is 5.32 Å². The Hall–Kier alpha value is -1.92. The number of benzene rings is 1. The summed E-state index contributed by atoms with van der Waals surface area (Å²) in [5, 5.41) is 13.2. The fourth-order valence-corrected chi connectivity index (χ4v) is 2.69. The molecule has 0 bridgehead atoms. The van der Waals surface area contributed by atoms with Crippen molar-refractivity contribution in [1.82, 2.24) is 0 Å². The summed E-state index contributed by atoms with van der Waals surface area (Å²) in [5.74, 6) is -2.49. The first-order chi connectivity index (χ1) is 9.40. The largest absolute Gasteiger partial charge is 0.478 e. The molecule has 0 unspecified atom stereocenters. The SMILES string of the molecule is Cc1csc(C(=O)Nc2cc(C(=O)O)ccc2F)c1Cl. The Morgan fingerprint density at radius 3 is 2.65 bits per heavy atom. The van der Waals surface area contributed by atoms with Crippen molar-refractivity contribution < 1.29 is 19.1 Å². The molecule has 1 amide bonds. The summed E-state index contributed by atoms with van der Waals surface area (Å²) in [4.78, 5) is 23.1. The van der Waals surface area contributed by atoms with Crippen molar-refractivity contribution in [3.05, 3.63) is 50.4 Å². The third-order valence-corrected chi connectivity index (χ3v) is 4.26. The van der Waals surface area contributed by atoms with Gasteiger partial charge in [0.1, 0.15) is 10.7 Å². The number of halogens is 2. The molecular formula is C13H9ClFNO3S. The van der Waals surface area contributed by atoms with E-state index in [4.69, 9.17) is 16.7 Å². The number of carboxylic acids is 1. The van der Waals surface area contributed by atoms with Crippen LogP contribution in [0.3, 0.4) is 0 Å². The molecule has 0 saturated heterocycles. The molecule has 0 aliphatic carbocycles. The lowest BCUT2D eigenvalue weighted by molar-refractivity contribution is 0.0696. The number of carboxylic acid groups (broad SMARTS) is 1. The summed E-state index contributed by atoms with van der Waals surface area (Å²) in [6.07, 6.45) is 0. The summed E-state index contributed by atoms with van der Waals surface area (Å²) < 4.78 is 13.6. The molecule has 2 rings (SSSR count). The number of rotatable bonds is 3. The summed E-state index contributed by atoms with van der Waals surface area (Å²) in [6.45, 7) is 1.75. The van der Waals surface area contributed by atoms with Crippen molar-refractivity contribution in [2.75, 3.05) is 5.32 Å². The fourth-order valence-electron chi connectivity index (χ4n) is 1.52. The molecule has 0 aliphatic rings. The molecule has 0 fully saturated rings. The summed E-state index contributed by atoms with van der Waals surface area (Å²) >= 11 is 7.09. The Bertz CT molecular complexity index is 699. The summed E-state index contributed by atoms with van der Waals surface area (Å²) in [7, 11) is 0. The van der Waals surface area contributed by atoms with E-state index in [1.165, 1.54) is 0 Å². The highest BCUT2D eigenvalue weighted by Crippen LogP contribution is 2.28. The molecular weight excluding hydrogens is 305 g/mol. The lowest BCUT2D eigenvalue weighted by atomic mass is 10.2. The van der Waals surface area contributed by atoms with Gasteiger partial charge in [-0.15, -0.1) is 11.3 Å². The number of aromatic carboxylic acids is 1. The predicted molar refractivity (Wildman–Crippen MR) is 75.4 cm³/mol. The van der Waals surface area contributed by atoms with Crippen molar-refractivity contribution in [3.63, 3.8) is 0 Å². The second-order valence-corrected chi connectivity index (χ2v) is 5.27. The van der Waals surface area contributed by atoms with Gasteiger partial charge >= 0.3 is 5.97 Å². The number of aryl methyl sites for hydroxylation is 1. The molecule has 7 heteroatoms. The van der Waals surface area contributed by atoms with Gasteiger partial charge in [-0.3, -0.25) is 4.79 Å². The Balaban J connectivity index is 2.30. The minimum absolute atomic E-state index is 0.116. The van der Waals surface area contributed by atoms with Crippen molar-refractivity contribution in [2.45, 2.75) is 6.92 Å². The smallest absolute Gasteiger partial charge is 0.335 e. The Kier molecular flexibility index (Phi) is 4.06. The summed E-state index contributed by atoms with van der Waals surface area (Å²) in [6, 6.07) is 3.17. The van der Waals surface area contributed by atoms with Crippen LogP contribution in [0.15, 0.2) is 23.6 Å². The number of amides is 1. The maximum absolute atomic E-state index is 13.6. The van der Waals surface area contributed by atoms with E-state index in [-0.39, 0.29) is 16.1 Å². The van der Waals surface area contributed by atoms with E-state index in [2.05, 4.69) is 5.32 Å². The van der Waals surface area contributed by atoms with Crippen molar-refractivity contribution >= 4 is 40.5 Å². The second kappa shape index (κ2) is 5.60. The van der Waals surface area contributed by atoms with Gasteiger partial charge in [-0.25, -0.2) is 9.18 Å². The number of anilines is 1. The molecule has 2 N–H and O–H groups in total. The number of carbonyl (C=O) groups excluding carboxylic acids is 1. The van der Waals surface area contributed by atoms with E-state index in [0.29, 0.717) is 5.02 Å². The molecule has 0 radical (unpaired) electrons. The summed E-state index contributed by atoms with van der Waals surface area (Å²) in [5.41, 5.74) is 0.439. The standard InChI is InChI=1S/C13H9ClFNO3S/c1-6-5-20-11(10(6)14)12(17)16-9-4-7(13(18)19)2-3-8(9)15/h2-5H,1H3,(H,16,17)(H,18,19). The molecule has 104 valence electrons. The van der Waals surface area contributed by atoms with E-state index in [9.17, 15) is 14.0 Å². The average molecular weight is 314 g/mol. The van der Waals surface area contributed by atoms with Crippen LogP contribution in [0.25, 0.3) is 0 Å². The normalized spacial score (nSPS) is 10.3. The molecule has 1 aromatic heterocycles. The van der Waals surface area contributed by atoms with Crippen LogP contribution in [0, 0.1) is 12.7 Å². The first-order valence-electron chi connectivity index (χ1n) is 5.48. The molecule has 20 heavy (non-hydrogen) atoms. The van der Waals surface area contributed by atoms with Gasteiger partial charge in [-0.2, -0.15) is 0 Å². The predicted octanol–water partition coefficient (Wildman–Crippen LogP) is 3.80. The van der Waals surface area contributed by atoms with Gasteiger partial charge in [-0.05, 0) is 36.1 Å². The van der Waals surface area contributed by atoms with Crippen LogP contribution in [-0.2, 0) is 0 Å². The van der Waals surface area contributed by atoms with Crippen LogP contribution in [0.1, 0.15) is 25.6 Å². The van der Waals surface area contributed by atoms with Gasteiger partial charge in [0.15, 0.2) is 0 Å². The number of hydrogen-bond acceptors (Lipinski definition) is 3.